The van der Waals surface area contributed by atoms with Crippen LogP contribution in [-0.2, 0) is 33.2 Å². The predicted molar refractivity (Wildman–Crippen MR) is 140 cm³/mol. The van der Waals surface area contributed by atoms with Gasteiger partial charge >= 0.3 is 18.3 Å². The van der Waals surface area contributed by atoms with E-state index in [-0.39, 0.29) is 39.5 Å². The van der Waals surface area contributed by atoms with E-state index in [2.05, 4.69) is 26.1 Å². The van der Waals surface area contributed by atoms with Gasteiger partial charge < -0.3 is 28.4 Å². The van der Waals surface area contributed by atoms with Gasteiger partial charge in [-0.3, -0.25) is 4.74 Å². The Hall–Kier alpha value is -1.79. The third kappa shape index (κ3) is 17.1. The minimum absolute atomic E-state index is 0.0260. The maximum Gasteiger partial charge on any atom is 0.411 e. The van der Waals surface area contributed by atoms with Crippen molar-refractivity contribution in [3.8, 4) is 24.7 Å². The van der Waals surface area contributed by atoms with Gasteiger partial charge in [-0.05, 0) is 41.0 Å². The van der Waals surface area contributed by atoms with E-state index < -0.39 is 73.5 Å². The van der Waals surface area contributed by atoms with Gasteiger partial charge in [-0.2, -0.15) is 26.3 Å². The average Bonchev–Trinajstić information content (AvgIpc) is 2.87. The Bertz CT molecular complexity index is 918. The zero-order chi connectivity index (χ0) is 34.5. The first-order valence-electron chi connectivity index (χ1n) is 13.4. The summed E-state index contributed by atoms with van der Waals surface area (Å²) in [6.45, 7) is 3.09. The van der Waals surface area contributed by atoms with E-state index in [1.807, 2.05) is 0 Å². The van der Waals surface area contributed by atoms with Crippen molar-refractivity contribution in [1.82, 2.24) is 0 Å². The molecule has 0 spiro atoms. The summed E-state index contributed by atoms with van der Waals surface area (Å²) in [6.07, 6.45) is -11.9. The smallest absolute Gasteiger partial charge is 0.375 e. The predicted octanol–water partition coefficient (Wildman–Crippen LogP) is 6.44. The maximum atomic E-state index is 14.4. The molecule has 0 N–H and O–H groups in total. The summed E-state index contributed by atoms with van der Waals surface area (Å²) in [6, 6.07) is 0. The molecule has 0 aliphatic carbocycles. The van der Waals surface area contributed by atoms with Crippen LogP contribution in [0.5, 0.6) is 0 Å². The summed E-state index contributed by atoms with van der Waals surface area (Å²) in [4.78, 5) is 0. The van der Waals surface area contributed by atoms with E-state index in [0.717, 1.165) is 13.8 Å². The molecule has 0 saturated carbocycles. The highest BCUT2D eigenvalue weighted by Gasteiger charge is 2.53. The number of hydrogen-bond donors (Lipinski definition) is 0. The highest BCUT2D eigenvalue weighted by Crippen LogP contribution is 2.37. The lowest BCUT2D eigenvalue weighted by Crippen LogP contribution is -2.47. The van der Waals surface area contributed by atoms with E-state index in [1.54, 1.807) is 13.8 Å². The molecule has 3 atom stereocenters. The molecule has 0 heterocycles. The van der Waals surface area contributed by atoms with Crippen LogP contribution in [0.15, 0.2) is 0 Å². The minimum Gasteiger partial charge on any atom is -0.375 e. The molecule has 0 bridgehead atoms. The largest absolute Gasteiger partial charge is 0.411 e. The van der Waals surface area contributed by atoms with Crippen molar-refractivity contribution < 1.29 is 72.7 Å². The normalized spacial score (nSPS) is 15.8. The van der Waals surface area contributed by atoms with Crippen LogP contribution in [0, 0.1) is 30.6 Å². The van der Waals surface area contributed by atoms with Crippen LogP contribution in [0.4, 0.5) is 39.5 Å². The fraction of sp³-hybridized carbons (Fsp3) is 0.857. The number of alkyl halides is 9. The van der Waals surface area contributed by atoms with Crippen molar-refractivity contribution in [3.63, 3.8) is 0 Å². The van der Waals surface area contributed by atoms with Gasteiger partial charge in [-0.1, -0.05) is 18.8 Å². The standard InChI is InChI=1S/C28H41F9O7/c1-9-12-38-15-16-41-24(7,8)18-26(32,33)44-22(29)28(36,37)42-17-20(3)27(34,35)43-21(4)25(30,31)19-39-14-11-23(5,6)40-13-10-2/h1-2,20-22H,11-19H2,3-8H3. The second kappa shape index (κ2) is 17.8. The number of halogens is 9. The molecule has 7 nitrogen and oxygen atoms in total. The Balaban J connectivity index is 4.92. The second-order valence-corrected chi connectivity index (χ2v) is 11.0. The first-order chi connectivity index (χ1) is 19.9. The van der Waals surface area contributed by atoms with E-state index in [0.29, 0.717) is 13.8 Å². The van der Waals surface area contributed by atoms with E-state index in [9.17, 15) is 39.5 Å². The fourth-order valence-electron chi connectivity index (χ4n) is 3.11. The quantitative estimate of drug-likeness (QED) is 0.0671. The molecule has 0 rings (SSSR count). The lowest BCUT2D eigenvalue weighted by molar-refractivity contribution is -0.401. The Morgan fingerprint density at radius 1 is 0.682 bits per heavy atom. The Morgan fingerprint density at radius 3 is 1.84 bits per heavy atom. The number of ether oxygens (including phenoxy) is 7. The van der Waals surface area contributed by atoms with Crippen LogP contribution < -0.4 is 0 Å². The molecule has 16 heteroatoms. The molecule has 44 heavy (non-hydrogen) atoms. The van der Waals surface area contributed by atoms with Crippen molar-refractivity contribution in [2.75, 3.05) is 46.2 Å². The fourth-order valence-corrected chi connectivity index (χ4v) is 3.11. The Morgan fingerprint density at radius 2 is 1.27 bits per heavy atom. The molecule has 0 aromatic heterocycles. The Labute approximate surface area is 252 Å². The van der Waals surface area contributed by atoms with Gasteiger partial charge in [0.15, 0.2) is 0 Å². The van der Waals surface area contributed by atoms with Gasteiger partial charge in [0.25, 0.3) is 12.3 Å². The van der Waals surface area contributed by atoms with Crippen molar-refractivity contribution in [2.45, 2.75) is 102 Å². The van der Waals surface area contributed by atoms with Gasteiger partial charge in [-0.15, -0.1) is 12.8 Å². The highest BCUT2D eigenvalue weighted by atomic mass is 19.3. The number of rotatable bonds is 24. The summed E-state index contributed by atoms with van der Waals surface area (Å²) in [5, 5.41) is 0. The SMILES string of the molecule is C#CCOCCOC(C)(C)CC(F)(F)OC(F)C(F)(F)OCC(C)C(F)(F)OC(C)C(F)(F)COCCC(C)(C)OCC#C. The third-order valence-electron chi connectivity index (χ3n) is 5.79. The molecule has 0 saturated heterocycles. The van der Waals surface area contributed by atoms with Gasteiger partial charge in [-0.25, -0.2) is 13.2 Å². The van der Waals surface area contributed by atoms with Crippen LogP contribution in [0.1, 0.15) is 54.4 Å². The second-order valence-electron chi connectivity index (χ2n) is 11.0. The zero-order valence-corrected chi connectivity index (χ0v) is 25.5. The molecule has 0 fully saturated rings. The molecular formula is C28H41F9O7. The first-order valence-corrected chi connectivity index (χ1v) is 13.4. The van der Waals surface area contributed by atoms with Crippen LogP contribution in [0.25, 0.3) is 0 Å². The van der Waals surface area contributed by atoms with E-state index in [1.165, 1.54) is 0 Å². The molecule has 0 aliphatic rings. The molecular weight excluding hydrogens is 619 g/mol. The molecule has 0 aromatic carbocycles. The van der Waals surface area contributed by atoms with Crippen molar-refractivity contribution in [1.29, 1.82) is 0 Å². The maximum absolute atomic E-state index is 14.4. The van der Waals surface area contributed by atoms with Crippen LogP contribution >= 0.6 is 0 Å². The summed E-state index contributed by atoms with van der Waals surface area (Å²) in [5.41, 5.74) is -2.51. The number of hydrogen-bond acceptors (Lipinski definition) is 7. The van der Waals surface area contributed by atoms with Crippen molar-refractivity contribution in [2.24, 2.45) is 5.92 Å². The molecule has 0 amide bonds. The third-order valence-corrected chi connectivity index (χ3v) is 5.79. The Kier molecular flexibility index (Phi) is 17.1. The van der Waals surface area contributed by atoms with Gasteiger partial charge in [0.05, 0.1) is 43.4 Å². The lowest BCUT2D eigenvalue weighted by atomic mass is 10.0. The summed E-state index contributed by atoms with van der Waals surface area (Å²) < 4.78 is 160. The highest BCUT2D eigenvalue weighted by molar-refractivity contribution is 4.85. The average molecular weight is 661 g/mol. The van der Waals surface area contributed by atoms with Gasteiger partial charge in [0, 0.05) is 6.61 Å². The van der Waals surface area contributed by atoms with Crippen LogP contribution in [-0.4, -0.2) is 94.2 Å². The summed E-state index contributed by atoms with van der Waals surface area (Å²) in [5.74, 6) is -1.91. The molecule has 258 valence electrons. The monoisotopic (exact) mass is 660 g/mol. The van der Waals surface area contributed by atoms with Crippen molar-refractivity contribution in [3.05, 3.63) is 0 Å². The number of terminal acetylenes is 2. The minimum atomic E-state index is -5.14. The van der Waals surface area contributed by atoms with Crippen molar-refractivity contribution >= 4 is 0 Å². The van der Waals surface area contributed by atoms with Gasteiger partial charge in [0.1, 0.15) is 25.9 Å². The van der Waals surface area contributed by atoms with Crippen LogP contribution in [0.3, 0.4) is 0 Å². The summed E-state index contributed by atoms with van der Waals surface area (Å²) >= 11 is 0. The topological polar surface area (TPSA) is 64.6 Å². The lowest BCUT2D eigenvalue weighted by Gasteiger charge is -2.33. The molecule has 0 radical (unpaired) electrons. The summed E-state index contributed by atoms with van der Waals surface area (Å²) in [7, 11) is 0. The first kappa shape index (κ1) is 42.2. The molecule has 0 aliphatic heterocycles. The molecule has 3 unspecified atom stereocenters. The molecule has 0 aromatic rings. The van der Waals surface area contributed by atoms with E-state index in [4.69, 9.17) is 31.8 Å². The zero-order valence-electron chi connectivity index (χ0n) is 25.5. The van der Waals surface area contributed by atoms with Crippen LogP contribution in [0.2, 0.25) is 0 Å². The van der Waals surface area contributed by atoms with Gasteiger partial charge in [0.2, 0.25) is 0 Å². The van der Waals surface area contributed by atoms with E-state index >= 15 is 0 Å².